The zero-order valence-electron chi connectivity index (χ0n) is 13.6. The maximum absolute atomic E-state index is 8.44. The molecule has 136 valence electrons. The van der Waals surface area contributed by atoms with Gasteiger partial charge in [-0.15, -0.1) is 0 Å². The van der Waals surface area contributed by atoms with Crippen LogP contribution in [0.4, 0.5) is 0 Å². The third-order valence-electron chi connectivity index (χ3n) is 2.60. The first kappa shape index (κ1) is 24.8. The maximum Gasteiger partial charge on any atom is 0.327 e. The van der Waals surface area contributed by atoms with Crippen LogP contribution in [-0.4, -0.2) is 52.3 Å². The number of hydrogen-bond acceptors (Lipinski definition) is 7. The summed E-state index contributed by atoms with van der Waals surface area (Å²) in [5, 5.41) is 8.44. The first-order valence-electron chi connectivity index (χ1n) is 7.66. The van der Waals surface area contributed by atoms with Crippen molar-refractivity contribution in [2.45, 2.75) is 58.5 Å². The molecule has 2 atom stereocenters. The molecule has 2 unspecified atom stereocenters. The van der Waals surface area contributed by atoms with Crippen LogP contribution in [0.25, 0.3) is 0 Å². The highest BCUT2D eigenvalue weighted by molar-refractivity contribution is 7.39. The average Bonchev–Trinajstić information content (AvgIpc) is 3.03. The summed E-state index contributed by atoms with van der Waals surface area (Å²) in [7, 11) is -2.44. The zero-order chi connectivity index (χ0) is 17.1. The fourth-order valence-corrected chi connectivity index (χ4v) is 1.87. The molecule has 0 aromatic carbocycles. The summed E-state index contributed by atoms with van der Waals surface area (Å²) in [6, 6.07) is 0. The highest BCUT2D eigenvalue weighted by Gasteiger charge is 2.12. The lowest BCUT2D eigenvalue weighted by Gasteiger charge is -2.00. The van der Waals surface area contributed by atoms with Gasteiger partial charge in [-0.2, -0.15) is 0 Å². The molecular weight excluding hydrogens is 330 g/mol. The molecule has 0 saturated carbocycles. The smallest absolute Gasteiger partial charge is 0.327 e. The zero-order valence-corrected chi connectivity index (χ0v) is 15.5. The first-order valence-corrected chi connectivity index (χ1v) is 9.68. The van der Waals surface area contributed by atoms with E-state index in [1.807, 2.05) is 6.92 Å². The minimum absolute atomic E-state index is 0.153. The summed E-state index contributed by atoms with van der Waals surface area (Å²) in [6.07, 6.45) is 6.39. The molecule has 1 aliphatic rings. The van der Waals surface area contributed by atoms with Crippen molar-refractivity contribution in [2.75, 3.05) is 26.4 Å². The summed E-state index contributed by atoms with van der Waals surface area (Å²) in [4.78, 5) is 24.5. The van der Waals surface area contributed by atoms with Gasteiger partial charge in [-0.1, -0.05) is 26.7 Å². The lowest BCUT2D eigenvalue weighted by atomic mass is 10.2. The Morgan fingerprint density at radius 2 is 1.82 bits per heavy atom. The van der Waals surface area contributed by atoms with E-state index >= 15 is 0 Å². The molecule has 1 heterocycles. The number of rotatable bonds is 9. The molecule has 0 aromatic rings. The van der Waals surface area contributed by atoms with E-state index < -0.39 is 8.60 Å². The fourth-order valence-electron chi connectivity index (χ4n) is 1.34. The van der Waals surface area contributed by atoms with Gasteiger partial charge in [0.05, 0.1) is 25.9 Å². The van der Waals surface area contributed by atoms with Crippen molar-refractivity contribution in [1.82, 2.24) is 0 Å². The van der Waals surface area contributed by atoms with Crippen LogP contribution in [0.1, 0.15) is 52.4 Å². The van der Waals surface area contributed by atoms with Crippen molar-refractivity contribution < 1.29 is 33.6 Å². The van der Waals surface area contributed by atoms with E-state index in [0.717, 1.165) is 45.1 Å². The highest BCUT2D eigenvalue weighted by Crippen LogP contribution is 2.24. The van der Waals surface area contributed by atoms with Crippen LogP contribution < -0.4 is 0 Å². The molecule has 0 aliphatic carbocycles. The fraction of sp³-hybridized carbons (Fsp3) is 1.00. The minimum Gasteiger partial charge on any atom is -0.394 e. The molecular formula is C13H32O7P2. The standard InChI is InChI=1S/C5H10O2.C4H11O3P.C4H11O2P/c6-4-5-2-1-3-7-5;1-2-3-4-7-8(5)6;1-2-3-4-6-7-5/h5-6H,1-4H2;5-6H,2-4H2,1H3;5,7H,2-4H2,1H3. The average molecular weight is 362 g/mol. The highest BCUT2D eigenvalue weighted by atomic mass is 31.2. The third-order valence-corrected chi connectivity index (χ3v) is 3.34. The molecule has 0 spiro atoms. The Hall–Kier alpha value is 0.580. The minimum atomic E-state index is -2.11. The van der Waals surface area contributed by atoms with Crippen LogP contribution in [0.3, 0.4) is 0 Å². The number of unbranched alkanes of at least 4 members (excludes halogenated alkanes) is 2. The van der Waals surface area contributed by atoms with E-state index in [1.54, 1.807) is 0 Å². The molecule has 1 aliphatic heterocycles. The number of ether oxygens (including phenoxy) is 1. The molecule has 0 radical (unpaired) electrons. The SMILES string of the molecule is CCCCOP(O)O.CCCCOPO.OCC1CCCO1. The monoisotopic (exact) mass is 362 g/mol. The summed E-state index contributed by atoms with van der Waals surface area (Å²) in [6.45, 7) is 6.29. The van der Waals surface area contributed by atoms with Gasteiger partial charge in [-0.05, 0) is 25.7 Å². The van der Waals surface area contributed by atoms with Crippen molar-refractivity contribution in [3.8, 4) is 0 Å². The largest absolute Gasteiger partial charge is 0.394 e. The van der Waals surface area contributed by atoms with Crippen molar-refractivity contribution in [3.63, 3.8) is 0 Å². The Kier molecular flexibility index (Phi) is 24.4. The van der Waals surface area contributed by atoms with Crippen LogP contribution >= 0.6 is 17.6 Å². The van der Waals surface area contributed by atoms with E-state index in [-0.39, 0.29) is 21.7 Å². The van der Waals surface area contributed by atoms with Gasteiger partial charge < -0.3 is 33.6 Å². The molecule has 9 heteroatoms. The Balaban J connectivity index is 0. The third kappa shape index (κ3) is 22.9. The first-order chi connectivity index (χ1) is 10.6. The van der Waals surface area contributed by atoms with Gasteiger partial charge in [0, 0.05) is 6.61 Å². The lowest BCUT2D eigenvalue weighted by Crippen LogP contribution is -2.09. The van der Waals surface area contributed by atoms with Crippen molar-refractivity contribution in [3.05, 3.63) is 0 Å². The molecule has 0 amide bonds. The van der Waals surface area contributed by atoms with Crippen LogP contribution in [0, 0.1) is 0 Å². The van der Waals surface area contributed by atoms with Crippen LogP contribution in [0.2, 0.25) is 0 Å². The molecule has 1 fully saturated rings. The normalized spacial score (nSPS) is 17.3. The molecule has 22 heavy (non-hydrogen) atoms. The Morgan fingerprint density at radius 3 is 2.18 bits per heavy atom. The van der Waals surface area contributed by atoms with Crippen LogP contribution in [0.15, 0.2) is 0 Å². The van der Waals surface area contributed by atoms with E-state index in [2.05, 4.69) is 16.0 Å². The van der Waals surface area contributed by atoms with Crippen molar-refractivity contribution in [2.24, 2.45) is 0 Å². The molecule has 1 saturated heterocycles. The van der Waals surface area contributed by atoms with Gasteiger partial charge in [0.1, 0.15) is 0 Å². The van der Waals surface area contributed by atoms with Crippen LogP contribution in [0.5, 0.6) is 0 Å². The quantitative estimate of drug-likeness (QED) is 0.368. The van der Waals surface area contributed by atoms with Gasteiger partial charge in [0.2, 0.25) is 0 Å². The van der Waals surface area contributed by atoms with E-state index in [0.29, 0.717) is 13.2 Å². The maximum atomic E-state index is 8.44. The second-order valence-electron chi connectivity index (χ2n) is 4.55. The number of aliphatic hydroxyl groups excluding tert-OH is 1. The number of hydrogen-bond donors (Lipinski definition) is 4. The summed E-state index contributed by atoms with van der Waals surface area (Å²) in [5.74, 6) is 0. The second-order valence-corrected chi connectivity index (χ2v) is 5.79. The molecule has 1 rings (SSSR count). The van der Waals surface area contributed by atoms with E-state index in [4.69, 9.17) is 24.5 Å². The van der Waals surface area contributed by atoms with Crippen molar-refractivity contribution >= 4 is 17.6 Å². The molecule has 0 bridgehead atoms. The van der Waals surface area contributed by atoms with Crippen LogP contribution in [-0.2, 0) is 13.8 Å². The number of aliphatic hydroxyl groups is 1. The van der Waals surface area contributed by atoms with Gasteiger partial charge in [0.15, 0.2) is 9.03 Å². The van der Waals surface area contributed by atoms with E-state index in [9.17, 15) is 0 Å². The van der Waals surface area contributed by atoms with Gasteiger partial charge in [-0.25, -0.2) is 0 Å². The molecule has 0 aromatic heterocycles. The summed E-state index contributed by atoms with van der Waals surface area (Å²) >= 11 is 0. The topological polar surface area (TPSA) is 109 Å². The summed E-state index contributed by atoms with van der Waals surface area (Å²) in [5.41, 5.74) is 0. The molecule has 4 N–H and O–H groups in total. The van der Waals surface area contributed by atoms with Gasteiger partial charge in [0.25, 0.3) is 0 Å². The Labute approximate surface area is 136 Å². The van der Waals surface area contributed by atoms with Crippen molar-refractivity contribution in [1.29, 1.82) is 0 Å². The Bertz CT molecular complexity index is 189. The predicted molar refractivity (Wildman–Crippen MR) is 89.7 cm³/mol. The predicted octanol–water partition coefficient (Wildman–Crippen LogP) is 2.48. The van der Waals surface area contributed by atoms with Gasteiger partial charge in [-0.3, -0.25) is 0 Å². The van der Waals surface area contributed by atoms with E-state index in [1.165, 1.54) is 0 Å². The second kappa shape index (κ2) is 21.6. The summed E-state index contributed by atoms with van der Waals surface area (Å²) < 4.78 is 14.2. The Morgan fingerprint density at radius 1 is 1.18 bits per heavy atom. The molecule has 7 nitrogen and oxygen atoms in total. The van der Waals surface area contributed by atoms with Gasteiger partial charge >= 0.3 is 8.60 Å². The lowest BCUT2D eigenvalue weighted by molar-refractivity contribution is 0.0591.